The second-order valence-corrected chi connectivity index (χ2v) is 11.5. The van der Waals surface area contributed by atoms with Crippen molar-refractivity contribution in [1.29, 1.82) is 0 Å². The summed E-state index contributed by atoms with van der Waals surface area (Å²) in [5.41, 5.74) is 2.02. The quantitative estimate of drug-likeness (QED) is 0.235. The number of aliphatic hydroxyl groups is 1. The molecule has 0 bridgehead atoms. The van der Waals surface area contributed by atoms with E-state index in [0.717, 1.165) is 60.1 Å². The average Bonchev–Trinajstić information content (AvgIpc) is 2.93. The summed E-state index contributed by atoms with van der Waals surface area (Å²) in [6, 6.07) is 16.2. The minimum Gasteiger partial charge on any atom is -0.478 e. The number of benzene rings is 3. The van der Waals surface area contributed by atoms with Crippen molar-refractivity contribution in [3.05, 3.63) is 99.0 Å². The van der Waals surface area contributed by atoms with Gasteiger partial charge >= 0.3 is 12.1 Å². The Morgan fingerprint density at radius 3 is 2.20 bits per heavy atom. The number of rotatable bonds is 6. The Hall–Kier alpha value is -2.53. The van der Waals surface area contributed by atoms with Crippen LogP contribution < -0.4 is 0 Å². The summed E-state index contributed by atoms with van der Waals surface area (Å²) in [5.74, 6) is -1.05. The predicted octanol–water partition coefficient (Wildman–Crippen LogP) is 7.29. The monoisotopic (exact) mass is 624 g/mol. The first-order chi connectivity index (χ1) is 19.6. The lowest BCUT2D eigenvalue weighted by Gasteiger charge is -2.34. The molecule has 5 rings (SSSR count). The van der Waals surface area contributed by atoms with Crippen molar-refractivity contribution in [3.63, 3.8) is 0 Å². The zero-order valence-corrected chi connectivity index (χ0v) is 24.3. The predicted molar refractivity (Wildman–Crippen MR) is 157 cm³/mol. The van der Waals surface area contributed by atoms with E-state index in [4.69, 9.17) is 33.4 Å². The Bertz CT molecular complexity index is 1410. The molecule has 0 atom stereocenters. The molecule has 2 heterocycles. The van der Waals surface area contributed by atoms with E-state index >= 15 is 0 Å². The molecule has 0 amide bonds. The van der Waals surface area contributed by atoms with Crippen molar-refractivity contribution in [3.8, 4) is 0 Å². The van der Waals surface area contributed by atoms with E-state index < -0.39 is 17.7 Å². The molecule has 0 aliphatic carbocycles. The number of carboxylic acids is 1. The maximum Gasteiger partial charge on any atom is 0.416 e. The van der Waals surface area contributed by atoms with Gasteiger partial charge in [-0.15, -0.1) is 0 Å². The zero-order valence-electron chi connectivity index (χ0n) is 22.0. The third-order valence-corrected chi connectivity index (χ3v) is 8.53. The summed E-state index contributed by atoms with van der Waals surface area (Å²) in [5, 5.41) is 18.2. The highest BCUT2D eigenvalue weighted by Gasteiger charge is 2.32. The molecule has 3 aromatic rings. The van der Waals surface area contributed by atoms with Gasteiger partial charge < -0.3 is 15.1 Å². The van der Waals surface area contributed by atoms with Crippen LogP contribution in [0.15, 0.2) is 76.5 Å². The van der Waals surface area contributed by atoms with Crippen LogP contribution in [0.5, 0.6) is 0 Å². The lowest BCUT2D eigenvalue weighted by atomic mass is 9.94. The first-order valence-corrected chi connectivity index (χ1v) is 14.6. The SMILES string of the molecule is O=C(O)c1ccc(Cl)cc1Cl.OCCN1CCN(CCC=C2c3ccccc3Sc3ccc(C(F)(F)F)cc32)CC1. The van der Waals surface area contributed by atoms with Gasteiger partial charge in [-0.2, -0.15) is 13.2 Å². The normalized spacial score (nSPS) is 16.5. The number of alkyl halides is 3. The fourth-order valence-electron chi connectivity index (χ4n) is 4.70. The van der Waals surface area contributed by atoms with Crippen molar-refractivity contribution in [2.75, 3.05) is 45.9 Å². The molecular weight excluding hydrogens is 596 g/mol. The smallest absolute Gasteiger partial charge is 0.416 e. The second kappa shape index (κ2) is 14.1. The second-order valence-electron chi connectivity index (χ2n) is 9.55. The Morgan fingerprint density at radius 1 is 0.902 bits per heavy atom. The van der Waals surface area contributed by atoms with Gasteiger partial charge in [0.1, 0.15) is 0 Å². The number of hydrogen-bond acceptors (Lipinski definition) is 5. The Labute approximate surface area is 251 Å². The number of aromatic carboxylic acids is 1. The van der Waals surface area contributed by atoms with Crippen molar-refractivity contribution < 1.29 is 28.2 Å². The van der Waals surface area contributed by atoms with E-state index in [-0.39, 0.29) is 17.2 Å². The number of carbonyl (C=O) groups is 1. The summed E-state index contributed by atoms with van der Waals surface area (Å²) in [6.45, 7) is 5.55. The maximum atomic E-state index is 13.3. The highest BCUT2D eigenvalue weighted by Crippen LogP contribution is 2.47. The molecular formula is C30H29Cl2F3N2O3S. The largest absolute Gasteiger partial charge is 0.478 e. The number of aliphatic hydroxyl groups excluding tert-OH is 1. The average molecular weight is 626 g/mol. The zero-order chi connectivity index (χ0) is 29.6. The van der Waals surface area contributed by atoms with Crippen LogP contribution in [0.3, 0.4) is 0 Å². The highest BCUT2D eigenvalue weighted by molar-refractivity contribution is 7.99. The molecule has 1 saturated heterocycles. The van der Waals surface area contributed by atoms with Gasteiger partial charge in [-0.3, -0.25) is 4.90 Å². The molecule has 0 radical (unpaired) electrons. The molecule has 218 valence electrons. The lowest BCUT2D eigenvalue weighted by molar-refractivity contribution is -0.137. The summed E-state index contributed by atoms with van der Waals surface area (Å²) < 4.78 is 39.9. The van der Waals surface area contributed by atoms with Crippen LogP contribution in [0.4, 0.5) is 13.2 Å². The van der Waals surface area contributed by atoms with Gasteiger partial charge in [-0.05, 0) is 65.6 Å². The lowest BCUT2D eigenvalue weighted by Crippen LogP contribution is -2.47. The summed E-state index contributed by atoms with van der Waals surface area (Å²) in [6.07, 6.45) is -1.47. The van der Waals surface area contributed by atoms with Crippen molar-refractivity contribution in [2.45, 2.75) is 22.4 Å². The van der Waals surface area contributed by atoms with E-state index in [2.05, 4.69) is 15.9 Å². The highest BCUT2D eigenvalue weighted by atomic mass is 35.5. The molecule has 0 saturated carbocycles. The van der Waals surface area contributed by atoms with Gasteiger partial charge in [0, 0.05) is 54.1 Å². The third kappa shape index (κ3) is 8.28. The van der Waals surface area contributed by atoms with Gasteiger partial charge in [-0.1, -0.05) is 59.2 Å². The first-order valence-electron chi connectivity index (χ1n) is 13.0. The van der Waals surface area contributed by atoms with Crippen molar-refractivity contribution in [2.24, 2.45) is 0 Å². The number of piperazine rings is 1. The molecule has 0 spiro atoms. The van der Waals surface area contributed by atoms with Crippen molar-refractivity contribution >= 4 is 46.5 Å². The molecule has 2 N–H and O–H groups in total. The number of nitrogens with zero attached hydrogens (tertiary/aromatic N) is 2. The fraction of sp³-hybridized carbons (Fsp3) is 0.300. The third-order valence-electron chi connectivity index (χ3n) is 6.83. The van der Waals surface area contributed by atoms with Gasteiger partial charge in [0.2, 0.25) is 0 Å². The standard InChI is InChI=1S/C23H25F3N2OS.C7H4Cl2O2/c24-23(25,26)17-7-8-22-20(16-17)18(19-4-1-2-6-21(19)30-22)5-3-9-27-10-12-28(13-11-27)14-15-29;8-4-1-2-5(7(10)11)6(9)3-4/h1-2,4-8,16,29H,3,9-15H2;1-3H,(H,10,11). The van der Waals surface area contributed by atoms with Crippen LogP contribution >= 0.6 is 35.0 Å². The maximum absolute atomic E-state index is 13.3. The molecule has 0 unspecified atom stereocenters. The van der Waals surface area contributed by atoms with Crippen LogP contribution in [0.1, 0.15) is 33.5 Å². The van der Waals surface area contributed by atoms with Crippen LogP contribution in [0, 0.1) is 0 Å². The first kappa shape index (κ1) is 31.4. The van der Waals surface area contributed by atoms with Crippen LogP contribution in [0.2, 0.25) is 10.0 Å². The van der Waals surface area contributed by atoms with Gasteiger partial charge in [0.25, 0.3) is 0 Å². The Kier molecular flexibility index (Phi) is 10.8. The molecule has 2 aliphatic rings. The molecule has 11 heteroatoms. The van der Waals surface area contributed by atoms with Gasteiger partial charge in [0.15, 0.2) is 0 Å². The Morgan fingerprint density at radius 2 is 1.56 bits per heavy atom. The fourth-order valence-corrected chi connectivity index (χ4v) is 6.28. The van der Waals surface area contributed by atoms with Crippen molar-refractivity contribution in [1.82, 2.24) is 9.80 Å². The summed E-state index contributed by atoms with van der Waals surface area (Å²) in [7, 11) is 0. The minimum atomic E-state index is -4.35. The van der Waals surface area contributed by atoms with Crippen LogP contribution in [-0.4, -0.2) is 71.9 Å². The van der Waals surface area contributed by atoms with E-state index in [1.165, 1.54) is 42.1 Å². The van der Waals surface area contributed by atoms with Gasteiger partial charge in [0.05, 0.1) is 22.8 Å². The van der Waals surface area contributed by atoms with Crippen LogP contribution in [-0.2, 0) is 6.18 Å². The summed E-state index contributed by atoms with van der Waals surface area (Å²) in [4.78, 5) is 17.0. The molecule has 1 fully saturated rings. The summed E-state index contributed by atoms with van der Waals surface area (Å²) >= 11 is 12.6. The molecule has 0 aromatic heterocycles. The topological polar surface area (TPSA) is 64.0 Å². The minimum absolute atomic E-state index is 0.0658. The van der Waals surface area contributed by atoms with Gasteiger partial charge in [-0.25, -0.2) is 4.79 Å². The Balaban J connectivity index is 0.000000296. The number of halogens is 5. The molecule has 41 heavy (non-hydrogen) atoms. The molecule has 2 aliphatic heterocycles. The number of carboxylic acid groups (broad SMARTS) is 1. The number of β-amino-alcohol motifs (C(OH)–C–C–N with tert-alkyl or cyclic N) is 1. The van der Waals surface area contributed by atoms with Crippen LogP contribution in [0.25, 0.3) is 5.57 Å². The van der Waals surface area contributed by atoms with E-state index in [1.54, 1.807) is 6.07 Å². The molecule has 3 aromatic carbocycles. The number of hydrogen-bond donors (Lipinski definition) is 2. The van der Waals surface area contributed by atoms with E-state index in [0.29, 0.717) is 17.1 Å². The van der Waals surface area contributed by atoms with E-state index in [1.807, 2.05) is 24.3 Å². The van der Waals surface area contributed by atoms with E-state index in [9.17, 15) is 18.0 Å². The number of fused-ring (bicyclic) bond motifs is 2. The molecule has 5 nitrogen and oxygen atoms in total.